The third kappa shape index (κ3) is 0.817. The van der Waals surface area contributed by atoms with Crippen LogP contribution in [0.5, 0.6) is 0 Å². The molecule has 1 heterocycles. The molecule has 0 saturated heterocycles. The Labute approximate surface area is 44.5 Å². The second kappa shape index (κ2) is 1.09. The summed E-state index contributed by atoms with van der Waals surface area (Å²) in [6, 6.07) is 0. The van der Waals surface area contributed by atoms with Crippen LogP contribution in [0, 0.1) is 0 Å². The van der Waals surface area contributed by atoms with Crippen molar-refractivity contribution in [3.05, 3.63) is 0 Å². The Morgan fingerprint density at radius 2 is 2.00 bits per heavy atom. The molecule has 0 unspecified atom stereocenters. The van der Waals surface area contributed by atoms with Crippen LogP contribution in [0.2, 0.25) is 0 Å². The van der Waals surface area contributed by atoms with E-state index in [-0.39, 0.29) is 5.54 Å². The molecule has 0 aromatic rings. The minimum atomic E-state index is 0.282. The van der Waals surface area contributed by atoms with E-state index in [0.717, 1.165) is 0 Å². The predicted octanol–water partition coefficient (Wildman–Crippen LogP) is 1.63. The van der Waals surface area contributed by atoms with Gasteiger partial charge in [0.1, 0.15) is 0 Å². The van der Waals surface area contributed by atoms with Crippen molar-refractivity contribution in [1.82, 2.24) is 0 Å². The van der Waals surface area contributed by atoms with E-state index in [2.05, 4.69) is 25.8 Å². The van der Waals surface area contributed by atoms with Crippen LogP contribution >= 0.6 is 0 Å². The largest absolute Gasteiger partial charge is 0.288 e. The second-order valence-corrected chi connectivity index (χ2v) is 2.84. The van der Waals surface area contributed by atoms with Crippen LogP contribution in [-0.4, -0.2) is 11.3 Å². The fourth-order valence-corrected chi connectivity index (χ4v) is 1.13. The van der Waals surface area contributed by atoms with E-state index in [1.807, 2.05) is 0 Å². The van der Waals surface area contributed by atoms with Crippen molar-refractivity contribution in [2.45, 2.75) is 32.7 Å². The molecule has 0 aromatic heterocycles. The van der Waals surface area contributed by atoms with Crippen molar-refractivity contribution in [3.8, 4) is 0 Å². The van der Waals surface area contributed by atoms with Crippen LogP contribution in [0.15, 0.2) is 4.99 Å². The first kappa shape index (κ1) is 4.82. The molecular formula is C6H11N. The molecule has 1 rings (SSSR count). The van der Waals surface area contributed by atoms with Gasteiger partial charge in [0.05, 0.1) is 5.54 Å². The fraction of sp³-hybridized carbons (Fsp3) is 0.833. The third-order valence-electron chi connectivity index (χ3n) is 1.18. The Morgan fingerprint density at radius 1 is 1.57 bits per heavy atom. The highest BCUT2D eigenvalue weighted by Crippen LogP contribution is 2.24. The van der Waals surface area contributed by atoms with E-state index in [4.69, 9.17) is 0 Å². The first-order chi connectivity index (χ1) is 3.10. The maximum Gasteiger partial charge on any atom is 0.0603 e. The highest BCUT2D eigenvalue weighted by atomic mass is 14.9. The molecule has 0 N–H and O–H groups in total. The predicted molar refractivity (Wildman–Crippen MR) is 31.8 cm³/mol. The van der Waals surface area contributed by atoms with Crippen molar-refractivity contribution in [2.24, 2.45) is 4.99 Å². The van der Waals surface area contributed by atoms with Crippen LogP contribution in [0.3, 0.4) is 0 Å². The summed E-state index contributed by atoms with van der Waals surface area (Å²) in [6.45, 7) is 6.38. The fourth-order valence-electron chi connectivity index (χ4n) is 1.13. The van der Waals surface area contributed by atoms with Crippen molar-refractivity contribution in [3.63, 3.8) is 0 Å². The summed E-state index contributed by atoms with van der Waals surface area (Å²) in [4.78, 5) is 4.27. The molecule has 0 fully saturated rings. The lowest BCUT2D eigenvalue weighted by Gasteiger charge is -2.29. The molecule has 1 aliphatic rings. The van der Waals surface area contributed by atoms with Gasteiger partial charge in [0.15, 0.2) is 0 Å². The van der Waals surface area contributed by atoms with Crippen LogP contribution < -0.4 is 0 Å². The normalized spacial score (nSPS) is 25.9. The summed E-state index contributed by atoms with van der Waals surface area (Å²) >= 11 is 0. The summed E-state index contributed by atoms with van der Waals surface area (Å²) < 4.78 is 0. The van der Waals surface area contributed by atoms with Gasteiger partial charge in [-0.3, -0.25) is 4.99 Å². The average Bonchev–Trinajstić information content (AvgIpc) is 1.27. The lowest BCUT2D eigenvalue weighted by atomic mass is 9.92. The summed E-state index contributed by atoms with van der Waals surface area (Å²) in [5.41, 5.74) is 1.58. The Balaban J connectivity index is 2.60. The van der Waals surface area contributed by atoms with Gasteiger partial charge in [-0.1, -0.05) is 0 Å². The quantitative estimate of drug-likeness (QED) is 0.435. The molecule has 40 valence electrons. The summed E-state index contributed by atoms with van der Waals surface area (Å²) in [5.74, 6) is 0. The van der Waals surface area contributed by atoms with Gasteiger partial charge in [-0.15, -0.1) is 0 Å². The van der Waals surface area contributed by atoms with Gasteiger partial charge < -0.3 is 0 Å². The molecule has 0 atom stereocenters. The number of rotatable bonds is 0. The zero-order chi connectivity index (χ0) is 5.49. The van der Waals surface area contributed by atoms with Crippen molar-refractivity contribution >= 4 is 5.71 Å². The van der Waals surface area contributed by atoms with Gasteiger partial charge in [0.2, 0.25) is 0 Å². The summed E-state index contributed by atoms with van der Waals surface area (Å²) in [7, 11) is 0. The smallest absolute Gasteiger partial charge is 0.0603 e. The molecule has 1 heteroatoms. The first-order valence-corrected chi connectivity index (χ1v) is 2.65. The van der Waals surface area contributed by atoms with E-state index in [1.54, 1.807) is 0 Å². The van der Waals surface area contributed by atoms with Gasteiger partial charge in [0.25, 0.3) is 0 Å². The zero-order valence-electron chi connectivity index (χ0n) is 5.15. The first-order valence-electron chi connectivity index (χ1n) is 2.65. The molecule has 0 aromatic carbocycles. The Morgan fingerprint density at radius 3 is 2.00 bits per heavy atom. The van der Waals surface area contributed by atoms with Gasteiger partial charge in [0, 0.05) is 12.1 Å². The van der Waals surface area contributed by atoms with Gasteiger partial charge in [-0.25, -0.2) is 0 Å². The summed E-state index contributed by atoms with van der Waals surface area (Å²) in [5, 5.41) is 0. The minimum Gasteiger partial charge on any atom is -0.288 e. The molecule has 0 bridgehead atoms. The van der Waals surface area contributed by atoms with E-state index >= 15 is 0 Å². The van der Waals surface area contributed by atoms with Crippen LogP contribution in [0.25, 0.3) is 0 Å². The van der Waals surface area contributed by atoms with Gasteiger partial charge in [-0.2, -0.15) is 0 Å². The Bertz CT molecular complexity index is 111. The van der Waals surface area contributed by atoms with E-state index < -0.39 is 0 Å². The number of hydrogen-bond acceptors (Lipinski definition) is 1. The lowest BCUT2D eigenvalue weighted by molar-refractivity contribution is 0.495. The monoisotopic (exact) mass is 97.1 g/mol. The molecule has 1 aliphatic heterocycles. The third-order valence-corrected chi connectivity index (χ3v) is 1.18. The number of aliphatic imine (C=N–C) groups is 1. The van der Waals surface area contributed by atoms with E-state index in [0.29, 0.717) is 0 Å². The maximum atomic E-state index is 4.27. The molecule has 7 heavy (non-hydrogen) atoms. The molecule has 0 amide bonds. The highest BCUT2D eigenvalue weighted by molar-refractivity contribution is 5.88. The molecule has 1 nitrogen and oxygen atoms in total. The standard InChI is InChI=1S/C6H11N/c1-5-4-6(2,3)7-5/h4H2,1-3H3. The van der Waals surface area contributed by atoms with Crippen molar-refractivity contribution in [2.75, 3.05) is 0 Å². The van der Waals surface area contributed by atoms with Crippen molar-refractivity contribution in [1.29, 1.82) is 0 Å². The second-order valence-electron chi connectivity index (χ2n) is 2.84. The number of hydrogen-bond donors (Lipinski definition) is 0. The Hall–Kier alpha value is -0.330. The van der Waals surface area contributed by atoms with E-state index in [1.165, 1.54) is 12.1 Å². The highest BCUT2D eigenvalue weighted by Gasteiger charge is 2.25. The molecule has 0 radical (unpaired) electrons. The molecule has 0 saturated carbocycles. The van der Waals surface area contributed by atoms with Crippen molar-refractivity contribution < 1.29 is 0 Å². The van der Waals surface area contributed by atoms with Crippen LogP contribution in [-0.2, 0) is 0 Å². The SMILES string of the molecule is CC1=NC(C)(C)C1. The average molecular weight is 97.2 g/mol. The van der Waals surface area contributed by atoms with Crippen LogP contribution in [0.4, 0.5) is 0 Å². The topological polar surface area (TPSA) is 12.4 Å². The molecular weight excluding hydrogens is 86.1 g/mol. The zero-order valence-corrected chi connectivity index (χ0v) is 5.15. The van der Waals surface area contributed by atoms with Gasteiger partial charge >= 0.3 is 0 Å². The lowest BCUT2D eigenvalue weighted by Crippen LogP contribution is -2.30. The molecule has 0 spiro atoms. The number of nitrogens with zero attached hydrogens (tertiary/aromatic N) is 1. The van der Waals surface area contributed by atoms with Gasteiger partial charge in [-0.05, 0) is 20.8 Å². The minimum absolute atomic E-state index is 0.282. The molecule has 0 aliphatic carbocycles. The maximum absolute atomic E-state index is 4.27. The van der Waals surface area contributed by atoms with Crippen LogP contribution in [0.1, 0.15) is 27.2 Å². The Kier molecular flexibility index (Phi) is 0.748. The van der Waals surface area contributed by atoms with E-state index in [9.17, 15) is 0 Å². The summed E-state index contributed by atoms with van der Waals surface area (Å²) in [6.07, 6.45) is 1.19.